The molecule has 158 valence electrons. The first kappa shape index (κ1) is 21.3. The van der Waals surface area contributed by atoms with Gasteiger partial charge >= 0.3 is 5.97 Å². The molecule has 3 aromatic rings. The van der Waals surface area contributed by atoms with E-state index in [9.17, 15) is 9.59 Å². The predicted molar refractivity (Wildman–Crippen MR) is 123 cm³/mol. The van der Waals surface area contributed by atoms with Gasteiger partial charge in [0.15, 0.2) is 0 Å². The molecule has 9 heteroatoms. The summed E-state index contributed by atoms with van der Waals surface area (Å²) in [7, 11) is 0. The van der Waals surface area contributed by atoms with E-state index < -0.39 is 0 Å². The average Bonchev–Trinajstić information content (AvgIpc) is 3.32. The van der Waals surface area contributed by atoms with E-state index in [0.717, 1.165) is 40.1 Å². The zero-order chi connectivity index (χ0) is 21.3. The molecule has 0 aliphatic heterocycles. The Balaban J connectivity index is 1.56. The van der Waals surface area contributed by atoms with Gasteiger partial charge in [-0.15, -0.1) is 22.7 Å². The molecule has 1 N–H and O–H groups in total. The van der Waals surface area contributed by atoms with E-state index in [0.29, 0.717) is 23.1 Å². The Kier molecular flexibility index (Phi) is 6.40. The largest absolute Gasteiger partial charge is 0.462 e. The van der Waals surface area contributed by atoms with Crippen molar-refractivity contribution in [2.45, 2.75) is 50.3 Å². The van der Waals surface area contributed by atoms with Crippen LogP contribution in [0.15, 0.2) is 22.8 Å². The maximum absolute atomic E-state index is 13.0. The second kappa shape index (κ2) is 9.03. The molecule has 1 aliphatic carbocycles. The van der Waals surface area contributed by atoms with Gasteiger partial charge in [0.05, 0.1) is 17.4 Å². The molecule has 2 atom stereocenters. The van der Waals surface area contributed by atoms with E-state index in [1.54, 1.807) is 18.3 Å². The fourth-order valence-electron chi connectivity index (χ4n) is 3.55. The van der Waals surface area contributed by atoms with Gasteiger partial charge in [-0.1, -0.05) is 18.7 Å². The molecule has 0 spiro atoms. The molecule has 0 fully saturated rings. The molecule has 3 heterocycles. The van der Waals surface area contributed by atoms with Crippen LogP contribution in [-0.2, 0) is 22.4 Å². The number of hydrogen-bond acceptors (Lipinski definition) is 8. The quantitative estimate of drug-likeness (QED) is 0.310. The molecule has 0 unspecified atom stereocenters. The van der Waals surface area contributed by atoms with Crippen LogP contribution in [0.1, 0.15) is 48.0 Å². The number of carbonyl (C=O) groups excluding carboxylic acids is 2. The summed E-state index contributed by atoms with van der Waals surface area (Å²) in [5, 5.41) is 6.94. The number of fused-ring (bicyclic) bond motifs is 2. The third-order valence-corrected chi connectivity index (χ3v) is 8.22. The number of thioether (sulfide) groups is 1. The van der Waals surface area contributed by atoms with E-state index in [1.165, 1.54) is 34.3 Å². The highest BCUT2D eigenvalue weighted by Crippen LogP contribution is 2.40. The molecule has 3 aromatic heterocycles. The van der Waals surface area contributed by atoms with E-state index in [-0.39, 0.29) is 17.1 Å². The minimum atomic E-state index is -0.379. The summed E-state index contributed by atoms with van der Waals surface area (Å²) >= 11 is 4.46. The van der Waals surface area contributed by atoms with Crippen LogP contribution >= 0.6 is 34.4 Å². The summed E-state index contributed by atoms with van der Waals surface area (Å²) in [6.07, 6.45) is 4.35. The van der Waals surface area contributed by atoms with Crippen molar-refractivity contribution in [3.8, 4) is 0 Å². The highest BCUT2D eigenvalue weighted by atomic mass is 32.2. The molecule has 4 rings (SSSR count). The number of aromatic nitrogens is 2. The highest BCUT2D eigenvalue weighted by Gasteiger charge is 2.30. The molecule has 6 nitrogen and oxygen atoms in total. The molecule has 0 aromatic carbocycles. The fourth-order valence-corrected chi connectivity index (χ4v) is 6.65. The lowest BCUT2D eigenvalue weighted by Gasteiger charge is -2.18. The van der Waals surface area contributed by atoms with Crippen molar-refractivity contribution in [1.82, 2.24) is 9.97 Å². The first-order valence-corrected chi connectivity index (χ1v) is 12.5. The Hall–Kier alpha value is -1.97. The van der Waals surface area contributed by atoms with Crippen LogP contribution in [0.5, 0.6) is 0 Å². The Morgan fingerprint density at radius 2 is 2.23 bits per heavy atom. The number of anilines is 1. The van der Waals surface area contributed by atoms with Gasteiger partial charge in [0.25, 0.3) is 0 Å². The summed E-state index contributed by atoms with van der Waals surface area (Å²) in [6, 6.07) is 1.97. The van der Waals surface area contributed by atoms with Gasteiger partial charge in [0.1, 0.15) is 21.2 Å². The Labute approximate surface area is 187 Å². The monoisotopic (exact) mass is 461 g/mol. The molecular weight excluding hydrogens is 438 g/mol. The maximum Gasteiger partial charge on any atom is 0.341 e. The number of thiophene rings is 2. The topological polar surface area (TPSA) is 81.2 Å². The van der Waals surface area contributed by atoms with Crippen LogP contribution in [0.25, 0.3) is 10.2 Å². The molecule has 0 saturated carbocycles. The molecule has 1 aliphatic rings. The molecule has 0 bridgehead atoms. The molecule has 30 heavy (non-hydrogen) atoms. The van der Waals surface area contributed by atoms with Crippen molar-refractivity contribution < 1.29 is 14.3 Å². The van der Waals surface area contributed by atoms with Gasteiger partial charge in [0.2, 0.25) is 5.91 Å². The molecular formula is C21H23N3O3S3. The van der Waals surface area contributed by atoms with Crippen LogP contribution < -0.4 is 5.32 Å². The lowest BCUT2D eigenvalue weighted by molar-refractivity contribution is -0.115. The first-order chi connectivity index (χ1) is 14.5. The number of esters is 1. The van der Waals surface area contributed by atoms with Gasteiger partial charge in [-0.25, -0.2) is 14.8 Å². The van der Waals surface area contributed by atoms with Crippen LogP contribution in [-0.4, -0.2) is 33.7 Å². The molecule has 0 radical (unpaired) electrons. The number of rotatable bonds is 6. The summed E-state index contributed by atoms with van der Waals surface area (Å²) in [5.41, 5.74) is 1.58. The van der Waals surface area contributed by atoms with Gasteiger partial charge in [-0.3, -0.25) is 4.79 Å². The number of hydrogen-bond donors (Lipinski definition) is 1. The Morgan fingerprint density at radius 1 is 1.40 bits per heavy atom. The number of nitrogens with one attached hydrogen (secondary N) is 1. The van der Waals surface area contributed by atoms with Crippen molar-refractivity contribution in [2.75, 3.05) is 11.9 Å². The maximum atomic E-state index is 13.0. The van der Waals surface area contributed by atoms with Crippen molar-refractivity contribution in [1.29, 1.82) is 0 Å². The number of amides is 1. The third kappa shape index (κ3) is 4.24. The summed E-state index contributed by atoms with van der Waals surface area (Å²) in [4.78, 5) is 36.3. The lowest BCUT2D eigenvalue weighted by atomic mass is 9.88. The van der Waals surface area contributed by atoms with Crippen molar-refractivity contribution in [2.24, 2.45) is 5.92 Å². The summed E-state index contributed by atoms with van der Waals surface area (Å²) < 4.78 is 5.29. The lowest BCUT2D eigenvalue weighted by Crippen LogP contribution is -2.23. The Bertz CT molecular complexity index is 1090. The molecule has 1 amide bonds. The number of nitrogens with zero attached hydrogens (tertiary/aromatic N) is 2. The smallest absolute Gasteiger partial charge is 0.341 e. The van der Waals surface area contributed by atoms with E-state index in [2.05, 4.69) is 22.2 Å². The Morgan fingerprint density at radius 3 is 3.03 bits per heavy atom. The van der Waals surface area contributed by atoms with E-state index >= 15 is 0 Å². The van der Waals surface area contributed by atoms with Crippen LogP contribution in [0, 0.1) is 5.92 Å². The van der Waals surface area contributed by atoms with Gasteiger partial charge < -0.3 is 10.1 Å². The average molecular weight is 462 g/mol. The highest BCUT2D eigenvalue weighted by molar-refractivity contribution is 8.00. The number of ether oxygens (including phenoxy) is 1. The van der Waals surface area contributed by atoms with Crippen LogP contribution in [0.2, 0.25) is 0 Å². The zero-order valence-electron chi connectivity index (χ0n) is 17.1. The minimum Gasteiger partial charge on any atom is -0.462 e. The predicted octanol–water partition coefficient (Wildman–Crippen LogP) is 5.17. The summed E-state index contributed by atoms with van der Waals surface area (Å²) in [5.74, 6) is 0.0742. The van der Waals surface area contributed by atoms with Gasteiger partial charge in [-0.2, -0.15) is 0 Å². The minimum absolute atomic E-state index is 0.154. The second-order valence-corrected chi connectivity index (χ2v) is 10.7. The normalized spacial score (nSPS) is 16.8. The SMILES string of the molecule is CCOC(=O)c1c(NC(=O)[C@@H](C)Sc2ncnc3sccc23)sc2c1CC[C@@H](C)C2. The first-order valence-electron chi connectivity index (χ1n) is 9.95. The van der Waals surface area contributed by atoms with Crippen molar-refractivity contribution in [3.63, 3.8) is 0 Å². The van der Waals surface area contributed by atoms with Crippen LogP contribution in [0.3, 0.4) is 0 Å². The summed E-state index contributed by atoms with van der Waals surface area (Å²) in [6.45, 7) is 6.17. The standard InChI is InChI=1S/C21H23N3O3S3/c1-4-27-21(26)16-13-6-5-11(2)9-15(13)30-20(16)24-17(25)12(3)29-19-14-7-8-28-18(14)22-10-23-19/h7-8,10-12H,4-6,9H2,1-3H3,(H,24,25)/t11-,12-/m1/s1. The fraction of sp³-hybridized carbons (Fsp3) is 0.429. The van der Waals surface area contributed by atoms with Gasteiger partial charge in [0, 0.05) is 10.3 Å². The van der Waals surface area contributed by atoms with Crippen molar-refractivity contribution >= 4 is 61.5 Å². The second-order valence-electron chi connectivity index (χ2n) is 7.34. The van der Waals surface area contributed by atoms with E-state index in [1.807, 2.05) is 18.4 Å². The van der Waals surface area contributed by atoms with E-state index in [4.69, 9.17) is 4.74 Å². The molecule has 0 saturated heterocycles. The number of carbonyl (C=O) groups is 2. The zero-order valence-corrected chi connectivity index (χ0v) is 19.5. The van der Waals surface area contributed by atoms with Crippen LogP contribution in [0.4, 0.5) is 5.00 Å². The third-order valence-electron chi connectivity index (χ3n) is 5.11. The van der Waals surface area contributed by atoms with Gasteiger partial charge in [-0.05, 0) is 56.0 Å². The van der Waals surface area contributed by atoms with Crippen molar-refractivity contribution in [3.05, 3.63) is 33.8 Å².